The monoisotopic (exact) mass is 421 g/mol. The van der Waals surface area contributed by atoms with Crippen LogP contribution in [0.5, 0.6) is 0 Å². The average molecular weight is 423 g/mol. The Kier molecular flexibility index (Phi) is 5.55. The van der Waals surface area contributed by atoms with Gasteiger partial charge in [0.15, 0.2) is 0 Å². The van der Waals surface area contributed by atoms with Gasteiger partial charge in [0, 0.05) is 30.4 Å². The molecule has 3 aromatic rings. The number of nitrogens with zero attached hydrogens (tertiary/aromatic N) is 4. The van der Waals surface area contributed by atoms with E-state index in [1.807, 2.05) is 37.4 Å². The lowest BCUT2D eigenvalue weighted by atomic mass is 10.2. The number of carbonyl (C=O) groups is 1. The second-order valence-corrected chi connectivity index (χ2v) is 6.90. The van der Waals surface area contributed by atoms with Crippen LogP contribution in [-0.4, -0.2) is 25.5 Å². The number of halogens is 2. The number of anilines is 1. The molecule has 1 amide bonds. The summed E-state index contributed by atoms with van der Waals surface area (Å²) in [4.78, 5) is 12.1. The molecule has 0 unspecified atom stereocenters. The summed E-state index contributed by atoms with van der Waals surface area (Å²) < 4.78 is 4.43. The van der Waals surface area contributed by atoms with Crippen LogP contribution >= 0.6 is 27.5 Å². The molecule has 0 saturated carbocycles. The Hall–Kier alpha value is -2.12. The number of nitrogens with one attached hydrogen (secondary N) is 1. The number of rotatable bonds is 6. The van der Waals surface area contributed by atoms with Crippen LogP contribution in [0.3, 0.4) is 0 Å². The van der Waals surface area contributed by atoms with Crippen LogP contribution in [-0.2, 0) is 17.9 Å². The van der Waals surface area contributed by atoms with Gasteiger partial charge in [0.05, 0.1) is 28.6 Å². The summed E-state index contributed by atoms with van der Waals surface area (Å²) in [6, 6.07) is 7.62. The summed E-state index contributed by atoms with van der Waals surface area (Å²) in [5.41, 5.74) is 2.54. The molecule has 6 nitrogen and oxygen atoms in total. The minimum atomic E-state index is -0.0819. The third-order valence-corrected chi connectivity index (χ3v) is 4.81. The van der Waals surface area contributed by atoms with E-state index in [9.17, 15) is 4.79 Å². The van der Waals surface area contributed by atoms with Crippen molar-refractivity contribution in [2.45, 2.75) is 26.4 Å². The number of aryl methyl sites for hydroxylation is 2. The summed E-state index contributed by atoms with van der Waals surface area (Å²) in [5.74, 6) is -0.0819. The average Bonchev–Trinajstić information content (AvgIpc) is 3.14. The van der Waals surface area contributed by atoms with Crippen molar-refractivity contribution in [2.24, 2.45) is 0 Å². The molecule has 0 bridgehead atoms. The SMILES string of the molecule is Cc1nn(CCC(=O)Nc2cnn(Cc3ccccc3Cl)c2)cc1Br. The molecule has 2 heterocycles. The molecular formula is C17H17BrClN5O. The molecule has 0 atom stereocenters. The summed E-state index contributed by atoms with van der Waals surface area (Å²) in [6.07, 6.45) is 5.62. The van der Waals surface area contributed by atoms with Gasteiger partial charge in [-0.2, -0.15) is 10.2 Å². The molecule has 130 valence electrons. The predicted molar refractivity (Wildman–Crippen MR) is 101 cm³/mol. The topological polar surface area (TPSA) is 64.7 Å². The first kappa shape index (κ1) is 17.7. The molecular weight excluding hydrogens is 406 g/mol. The van der Waals surface area contributed by atoms with Gasteiger partial charge in [0.2, 0.25) is 5.91 Å². The van der Waals surface area contributed by atoms with E-state index in [2.05, 4.69) is 31.4 Å². The molecule has 1 N–H and O–H groups in total. The molecule has 0 fully saturated rings. The van der Waals surface area contributed by atoms with Gasteiger partial charge in [-0.25, -0.2) is 0 Å². The zero-order chi connectivity index (χ0) is 17.8. The van der Waals surface area contributed by atoms with Crippen LogP contribution in [0.1, 0.15) is 17.7 Å². The highest BCUT2D eigenvalue weighted by Gasteiger charge is 2.08. The first-order valence-corrected chi connectivity index (χ1v) is 8.93. The minimum Gasteiger partial charge on any atom is -0.323 e. The third-order valence-electron chi connectivity index (χ3n) is 3.66. The summed E-state index contributed by atoms with van der Waals surface area (Å²) in [7, 11) is 0. The number of hydrogen-bond donors (Lipinski definition) is 1. The van der Waals surface area contributed by atoms with Crippen LogP contribution < -0.4 is 5.32 Å². The number of hydrogen-bond acceptors (Lipinski definition) is 3. The Labute approximate surface area is 158 Å². The molecule has 25 heavy (non-hydrogen) atoms. The van der Waals surface area contributed by atoms with Crippen LogP contribution in [0.15, 0.2) is 47.3 Å². The van der Waals surface area contributed by atoms with E-state index < -0.39 is 0 Å². The highest BCUT2D eigenvalue weighted by Crippen LogP contribution is 2.17. The fraction of sp³-hybridized carbons (Fsp3) is 0.235. The lowest BCUT2D eigenvalue weighted by molar-refractivity contribution is -0.116. The zero-order valence-corrected chi connectivity index (χ0v) is 16.0. The molecule has 0 radical (unpaired) electrons. The zero-order valence-electron chi connectivity index (χ0n) is 13.6. The Morgan fingerprint density at radius 3 is 2.80 bits per heavy atom. The molecule has 1 aromatic carbocycles. The van der Waals surface area contributed by atoms with E-state index in [0.717, 1.165) is 15.7 Å². The van der Waals surface area contributed by atoms with E-state index in [1.165, 1.54) is 0 Å². The second-order valence-electron chi connectivity index (χ2n) is 5.64. The van der Waals surface area contributed by atoms with E-state index in [4.69, 9.17) is 11.6 Å². The van der Waals surface area contributed by atoms with Gasteiger partial charge >= 0.3 is 0 Å². The van der Waals surface area contributed by atoms with Crippen LogP contribution in [0.2, 0.25) is 5.02 Å². The Morgan fingerprint density at radius 1 is 1.28 bits per heavy atom. The van der Waals surface area contributed by atoms with Crippen molar-refractivity contribution in [1.82, 2.24) is 19.6 Å². The molecule has 0 aliphatic heterocycles. The van der Waals surface area contributed by atoms with Gasteiger partial charge in [-0.3, -0.25) is 14.2 Å². The van der Waals surface area contributed by atoms with Crippen molar-refractivity contribution in [2.75, 3.05) is 5.32 Å². The van der Waals surface area contributed by atoms with Crippen molar-refractivity contribution in [3.63, 3.8) is 0 Å². The van der Waals surface area contributed by atoms with Gasteiger partial charge < -0.3 is 5.32 Å². The first-order chi connectivity index (χ1) is 12.0. The number of amides is 1. The number of carbonyl (C=O) groups excluding carboxylic acids is 1. The highest BCUT2D eigenvalue weighted by molar-refractivity contribution is 9.10. The lowest BCUT2D eigenvalue weighted by Gasteiger charge is -2.04. The molecule has 0 saturated heterocycles. The smallest absolute Gasteiger partial charge is 0.226 e. The van der Waals surface area contributed by atoms with Gasteiger partial charge in [0.1, 0.15) is 0 Å². The maximum Gasteiger partial charge on any atom is 0.226 e. The van der Waals surface area contributed by atoms with Crippen molar-refractivity contribution in [3.05, 3.63) is 63.6 Å². The van der Waals surface area contributed by atoms with Gasteiger partial charge in [-0.1, -0.05) is 29.8 Å². The Morgan fingerprint density at radius 2 is 2.08 bits per heavy atom. The summed E-state index contributed by atoms with van der Waals surface area (Å²) in [6.45, 7) is 2.98. The molecule has 0 spiro atoms. The van der Waals surface area contributed by atoms with E-state index in [0.29, 0.717) is 30.2 Å². The van der Waals surface area contributed by atoms with Crippen LogP contribution in [0.4, 0.5) is 5.69 Å². The number of benzene rings is 1. The van der Waals surface area contributed by atoms with E-state index in [1.54, 1.807) is 21.8 Å². The quantitative estimate of drug-likeness (QED) is 0.655. The fourth-order valence-electron chi connectivity index (χ4n) is 2.36. The van der Waals surface area contributed by atoms with E-state index >= 15 is 0 Å². The van der Waals surface area contributed by atoms with Gasteiger partial charge in [-0.05, 0) is 34.5 Å². The fourth-order valence-corrected chi connectivity index (χ4v) is 2.87. The number of aromatic nitrogens is 4. The Balaban J connectivity index is 1.54. The summed E-state index contributed by atoms with van der Waals surface area (Å²) >= 11 is 9.56. The Bertz CT molecular complexity index is 869. The van der Waals surface area contributed by atoms with Crippen molar-refractivity contribution in [3.8, 4) is 0 Å². The largest absolute Gasteiger partial charge is 0.323 e. The standard InChI is InChI=1S/C17H17BrClN5O/c1-12-15(18)11-23(22-12)7-6-17(25)21-14-8-20-24(10-14)9-13-4-2-3-5-16(13)19/h2-5,8,10-11H,6-7,9H2,1H3,(H,21,25). The van der Waals surface area contributed by atoms with Crippen LogP contribution in [0.25, 0.3) is 0 Å². The van der Waals surface area contributed by atoms with Gasteiger partial charge in [-0.15, -0.1) is 0 Å². The molecule has 0 aliphatic carbocycles. The molecule has 0 aliphatic rings. The minimum absolute atomic E-state index is 0.0819. The maximum absolute atomic E-state index is 12.1. The van der Waals surface area contributed by atoms with E-state index in [-0.39, 0.29) is 5.91 Å². The lowest BCUT2D eigenvalue weighted by Crippen LogP contribution is -2.14. The maximum atomic E-state index is 12.1. The normalized spacial score (nSPS) is 10.8. The molecule has 2 aromatic heterocycles. The summed E-state index contributed by atoms with van der Waals surface area (Å²) in [5, 5.41) is 12.1. The van der Waals surface area contributed by atoms with Crippen molar-refractivity contribution < 1.29 is 4.79 Å². The van der Waals surface area contributed by atoms with Crippen LogP contribution in [0, 0.1) is 6.92 Å². The second kappa shape index (κ2) is 7.84. The van der Waals surface area contributed by atoms with Crippen molar-refractivity contribution in [1.29, 1.82) is 0 Å². The molecule has 3 rings (SSSR count). The van der Waals surface area contributed by atoms with Gasteiger partial charge in [0.25, 0.3) is 0 Å². The van der Waals surface area contributed by atoms with Crippen molar-refractivity contribution >= 4 is 39.1 Å². The highest BCUT2D eigenvalue weighted by atomic mass is 79.9. The first-order valence-electron chi connectivity index (χ1n) is 7.76. The third kappa shape index (κ3) is 4.70. The molecule has 8 heteroatoms. The predicted octanol–water partition coefficient (Wildman–Crippen LogP) is 3.88.